The molecule has 1 atom stereocenters. The number of carboxylic acid groups (broad SMARTS) is 1. The van der Waals surface area contributed by atoms with Crippen molar-refractivity contribution in [3.8, 4) is 5.75 Å². The zero-order valence-corrected chi connectivity index (χ0v) is 13.7. The summed E-state index contributed by atoms with van der Waals surface area (Å²) in [5.41, 5.74) is 1.08. The molecule has 0 amide bonds. The Morgan fingerprint density at radius 2 is 1.86 bits per heavy atom. The van der Waals surface area contributed by atoms with Gasteiger partial charge in [0.25, 0.3) is 0 Å². The highest BCUT2D eigenvalue weighted by Crippen LogP contribution is 2.29. The average molecular weight is 293 g/mol. The molecule has 0 radical (unpaired) electrons. The van der Waals surface area contributed by atoms with Crippen LogP contribution in [0.15, 0.2) is 24.3 Å². The molecule has 4 heteroatoms. The van der Waals surface area contributed by atoms with Crippen molar-refractivity contribution in [2.45, 2.75) is 52.6 Å². The molecular weight excluding hydrogens is 266 g/mol. The molecule has 1 N–H and O–H groups in total. The number of benzene rings is 1. The molecule has 0 aliphatic carbocycles. The van der Waals surface area contributed by atoms with E-state index in [9.17, 15) is 4.79 Å². The second-order valence-electron chi connectivity index (χ2n) is 6.19. The van der Waals surface area contributed by atoms with E-state index in [1.165, 1.54) is 5.56 Å². The molecule has 0 aromatic heterocycles. The topological polar surface area (TPSA) is 49.8 Å². The van der Waals surface area contributed by atoms with E-state index in [-0.39, 0.29) is 18.0 Å². The summed E-state index contributed by atoms with van der Waals surface area (Å²) in [5, 5.41) is 8.93. The SMILES string of the molecule is CCOc1ccc(C(C)N(CCC(=O)O)C(C)(C)C)cc1. The summed E-state index contributed by atoms with van der Waals surface area (Å²) >= 11 is 0. The van der Waals surface area contributed by atoms with Crippen molar-refractivity contribution in [1.29, 1.82) is 0 Å². The Hall–Kier alpha value is -1.55. The molecule has 1 aromatic rings. The van der Waals surface area contributed by atoms with Crippen molar-refractivity contribution < 1.29 is 14.6 Å². The van der Waals surface area contributed by atoms with E-state index in [4.69, 9.17) is 9.84 Å². The molecule has 0 fully saturated rings. The predicted molar refractivity (Wildman–Crippen MR) is 84.7 cm³/mol. The van der Waals surface area contributed by atoms with Crippen LogP contribution in [0.1, 0.15) is 52.6 Å². The quantitative estimate of drug-likeness (QED) is 0.832. The van der Waals surface area contributed by atoms with Gasteiger partial charge in [0.05, 0.1) is 13.0 Å². The number of ether oxygens (including phenoxy) is 1. The van der Waals surface area contributed by atoms with Gasteiger partial charge in [0.15, 0.2) is 0 Å². The molecule has 0 heterocycles. The summed E-state index contributed by atoms with van der Waals surface area (Å²) in [6, 6.07) is 8.19. The van der Waals surface area contributed by atoms with Gasteiger partial charge in [0.1, 0.15) is 5.75 Å². The van der Waals surface area contributed by atoms with E-state index >= 15 is 0 Å². The smallest absolute Gasteiger partial charge is 0.304 e. The van der Waals surface area contributed by atoms with Crippen LogP contribution in [0.3, 0.4) is 0 Å². The van der Waals surface area contributed by atoms with Gasteiger partial charge in [-0.2, -0.15) is 0 Å². The van der Waals surface area contributed by atoms with Crippen LogP contribution >= 0.6 is 0 Å². The van der Waals surface area contributed by atoms with Gasteiger partial charge in [0.2, 0.25) is 0 Å². The van der Waals surface area contributed by atoms with Crippen molar-refractivity contribution in [3.63, 3.8) is 0 Å². The van der Waals surface area contributed by atoms with E-state index in [0.29, 0.717) is 13.2 Å². The van der Waals surface area contributed by atoms with Gasteiger partial charge >= 0.3 is 5.97 Å². The van der Waals surface area contributed by atoms with Crippen molar-refractivity contribution >= 4 is 5.97 Å². The summed E-state index contributed by atoms with van der Waals surface area (Å²) < 4.78 is 5.46. The minimum Gasteiger partial charge on any atom is -0.494 e. The van der Waals surface area contributed by atoms with Crippen LogP contribution in [-0.4, -0.2) is 34.7 Å². The van der Waals surface area contributed by atoms with Crippen LogP contribution in [0.5, 0.6) is 5.75 Å². The molecule has 4 nitrogen and oxygen atoms in total. The zero-order valence-electron chi connectivity index (χ0n) is 13.7. The lowest BCUT2D eigenvalue weighted by molar-refractivity contribution is -0.137. The summed E-state index contributed by atoms with van der Waals surface area (Å²) in [6.07, 6.45) is 0.151. The first-order valence-corrected chi connectivity index (χ1v) is 7.47. The minimum absolute atomic E-state index is 0.0898. The predicted octanol–water partition coefficient (Wildman–Crippen LogP) is 3.72. The molecule has 1 unspecified atom stereocenters. The number of carbonyl (C=O) groups is 1. The van der Waals surface area contributed by atoms with Crippen molar-refractivity contribution in [1.82, 2.24) is 4.90 Å². The third-order valence-electron chi connectivity index (χ3n) is 3.57. The van der Waals surface area contributed by atoms with E-state index in [0.717, 1.165) is 5.75 Å². The largest absolute Gasteiger partial charge is 0.494 e. The van der Waals surface area contributed by atoms with E-state index < -0.39 is 5.97 Å². The molecule has 0 aliphatic rings. The summed E-state index contributed by atoms with van der Waals surface area (Å²) in [6.45, 7) is 11.6. The van der Waals surface area contributed by atoms with Crippen LogP contribution in [0.2, 0.25) is 0 Å². The van der Waals surface area contributed by atoms with Crippen LogP contribution in [0, 0.1) is 0 Å². The van der Waals surface area contributed by atoms with Gasteiger partial charge < -0.3 is 9.84 Å². The second kappa shape index (κ2) is 7.46. The van der Waals surface area contributed by atoms with Crippen LogP contribution in [0.25, 0.3) is 0 Å². The fraction of sp³-hybridized carbons (Fsp3) is 0.588. The van der Waals surface area contributed by atoms with Crippen LogP contribution in [0.4, 0.5) is 0 Å². The van der Waals surface area contributed by atoms with Crippen LogP contribution in [-0.2, 0) is 4.79 Å². The van der Waals surface area contributed by atoms with E-state index in [1.807, 2.05) is 19.1 Å². The third-order valence-corrected chi connectivity index (χ3v) is 3.57. The summed E-state index contributed by atoms with van der Waals surface area (Å²) in [4.78, 5) is 13.1. The Morgan fingerprint density at radius 3 is 2.29 bits per heavy atom. The van der Waals surface area contributed by atoms with Crippen molar-refractivity contribution in [2.75, 3.05) is 13.2 Å². The maximum absolute atomic E-state index is 10.9. The molecule has 0 bridgehead atoms. The fourth-order valence-corrected chi connectivity index (χ4v) is 2.52. The molecule has 21 heavy (non-hydrogen) atoms. The molecule has 1 aromatic carbocycles. The first-order chi connectivity index (χ1) is 9.75. The lowest BCUT2D eigenvalue weighted by Gasteiger charge is -2.40. The number of carboxylic acids is 1. The average Bonchev–Trinajstić information content (AvgIpc) is 2.38. The first kappa shape index (κ1) is 17.5. The highest BCUT2D eigenvalue weighted by atomic mass is 16.5. The molecule has 1 rings (SSSR count). The minimum atomic E-state index is -0.761. The molecule has 0 spiro atoms. The molecular formula is C17H27NO3. The van der Waals surface area contributed by atoms with Crippen LogP contribution < -0.4 is 4.74 Å². The summed E-state index contributed by atoms with van der Waals surface area (Å²) in [5.74, 6) is 0.101. The lowest BCUT2D eigenvalue weighted by atomic mass is 9.98. The Kier molecular flexibility index (Phi) is 6.21. The third kappa shape index (κ3) is 5.38. The number of rotatable bonds is 7. The molecule has 118 valence electrons. The van der Waals surface area contributed by atoms with Gasteiger partial charge in [0, 0.05) is 18.1 Å². The Labute approximate surface area is 127 Å². The number of nitrogens with zero attached hydrogens (tertiary/aromatic N) is 1. The number of hydrogen-bond acceptors (Lipinski definition) is 3. The summed E-state index contributed by atoms with van der Waals surface area (Å²) in [7, 11) is 0. The first-order valence-electron chi connectivity index (χ1n) is 7.47. The monoisotopic (exact) mass is 293 g/mol. The standard InChI is InChI=1S/C17H27NO3/c1-6-21-15-9-7-14(8-10-15)13(2)18(17(3,4)5)12-11-16(19)20/h7-10,13H,6,11-12H2,1-5H3,(H,19,20). The highest BCUT2D eigenvalue weighted by Gasteiger charge is 2.27. The molecule has 0 aliphatic heterocycles. The highest BCUT2D eigenvalue weighted by molar-refractivity contribution is 5.66. The van der Waals surface area contributed by atoms with Gasteiger partial charge in [-0.1, -0.05) is 12.1 Å². The Bertz CT molecular complexity index is 448. The van der Waals surface area contributed by atoms with E-state index in [2.05, 4.69) is 44.7 Å². The molecule has 0 saturated carbocycles. The second-order valence-corrected chi connectivity index (χ2v) is 6.19. The van der Waals surface area contributed by atoms with Gasteiger partial charge in [-0.3, -0.25) is 9.69 Å². The van der Waals surface area contributed by atoms with Gasteiger partial charge in [-0.25, -0.2) is 0 Å². The molecule has 0 saturated heterocycles. The maximum atomic E-state index is 10.9. The van der Waals surface area contributed by atoms with Crippen molar-refractivity contribution in [3.05, 3.63) is 29.8 Å². The zero-order chi connectivity index (χ0) is 16.0. The van der Waals surface area contributed by atoms with Crippen molar-refractivity contribution in [2.24, 2.45) is 0 Å². The normalized spacial score (nSPS) is 13.2. The number of hydrogen-bond donors (Lipinski definition) is 1. The Balaban J connectivity index is 2.88. The number of aliphatic carboxylic acids is 1. The lowest BCUT2D eigenvalue weighted by Crippen LogP contribution is -2.44. The van der Waals surface area contributed by atoms with Gasteiger partial charge in [-0.05, 0) is 52.3 Å². The Morgan fingerprint density at radius 1 is 1.29 bits per heavy atom. The maximum Gasteiger partial charge on any atom is 0.304 e. The van der Waals surface area contributed by atoms with E-state index in [1.54, 1.807) is 0 Å². The fourth-order valence-electron chi connectivity index (χ4n) is 2.52. The van der Waals surface area contributed by atoms with Gasteiger partial charge in [-0.15, -0.1) is 0 Å².